The van der Waals surface area contributed by atoms with Gasteiger partial charge in [0.1, 0.15) is 0 Å². The average molecular weight is 665 g/mol. The molecule has 0 radical (unpaired) electrons. The second-order valence-electron chi connectivity index (χ2n) is 13.5. The van der Waals surface area contributed by atoms with E-state index in [1.54, 1.807) is 36.9 Å². The smallest absolute Gasteiger partial charge is 0.251 e. The SMILES string of the molecule is NCC1[C@H]2CC(n3cnc4cc(F)c(F)cc43)C[C@@H]12.O=C(NCC1[C@H]2CC(n3cnc4cc(F)c(F)cc43)C[C@@H]12)c1ccc(Cl)cc1. The van der Waals surface area contributed by atoms with Crippen LogP contribution in [0.3, 0.4) is 0 Å². The van der Waals surface area contributed by atoms with Gasteiger partial charge in [-0.15, -0.1) is 0 Å². The van der Waals surface area contributed by atoms with E-state index in [2.05, 4.69) is 15.3 Å². The van der Waals surface area contributed by atoms with Crippen LogP contribution in [0.1, 0.15) is 48.1 Å². The topological polar surface area (TPSA) is 90.8 Å². The lowest BCUT2D eigenvalue weighted by molar-refractivity contribution is 0.0950. The van der Waals surface area contributed by atoms with Crippen LogP contribution in [0.2, 0.25) is 5.02 Å². The first kappa shape index (κ1) is 30.4. The van der Waals surface area contributed by atoms with Gasteiger partial charge in [0.25, 0.3) is 5.91 Å². The van der Waals surface area contributed by atoms with Crippen molar-refractivity contribution >= 4 is 39.6 Å². The lowest BCUT2D eigenvalue weighted by atomic mass is 10.1. The Labute approximate surface area is 273 Å². The van der Waals surface area contributed by atoms with Crippen molar-refractivity contribution in [2.45, 2.75) is 37.8 Å². The Morgan fingerprint density at radius 2 is 1.19 bits per heavy atom. The number of carbonyl (C=O) groups is 1. The number of amides is 1. The number of rotatable bonds is 6. The standard InChI is InChI=1S/C21H18ClF2N3O.C14H15F2N3/c22-12-3-1-11(2-4-12)21(28)25-9-16-14-5-13(6-15(14)16)27-10-26-19-7-17(23)18(24)8-20(19)27;15-11-3-13-14(4-12(11)16)19(6-18-13)7-1-8-9(2-7)10(8)5-17/h1-4,7-8,10,13-16H,5-6,9H2,(H,25,28);3-4,6-10H,1-2,5,17H2/t13?,14-,15+,16?;7?,8-,9+,10?. The molecule has 1 amide bonds. The molecule has 0 bridgehead atoms. The van der Waals surface area contributed by atoms with E-state index in [0.29, 0.717) is 68.9 Å². The Balaban J connectivity index is 0.000000148. The quantitative estimate of drug-likeness (QED) is 0.190. The molecule has 4 aliphatic carbocycles. The summed E-state index contributed by atoms with van der Waals surface area (Å²) in [6.07, 6.45) is 7.48. The van der Waals surface area contributed by atoms with Gasteiger partial charge in [-0.1, -0.05) is 11.6 Å². The highest BCUT2D eigenvalue weighted by Crippen LogP contribution is 2.61. The first-order valence-corrected chi connectivity index (χ1v) is 16.4. The zero-order chi connectivity index (χ0) is 32.6. The number of benzene rings is 3. The molecule has 2 heterocycles. The minimum atomic E-state index is -0.872. The highest BCUT2D eigenvalue weighted by Gasteiger charge is 2.56. The van der Waals surface area contributed by atoms with Crippen LogP contribution < -0.4 is 11.1 Å². The minimum Gasteiger partial charge on any atom is -0.352 e. The molecule has 4 fully saturated rings. The molecule has 7 nitrogen and oxygen atoms in total. The number of nitrogens with one attached hydrogen (secondary N) is 1. The summed E-state index contributed by atoms with van der Waals surface area (Å²) in [7, 11) is 0. The second-order valence-corrected chi connectivity index (χ2v) is 13.9. The molecule has 0 saturated heterocycles. The summed E-state index contributed by atoms with van der Waals surface area (Å²) in [6, 6.07) is 12.2. The summed E-state index contributed by atoms with van der Waals surface area (Å²) in [6.45, 7) is 1.43. The third kappa shape index (κ3) is 5.47. The molecule has 244 valence electrons. The first-order valence-electron chi connectivity index (χ1n) is 16.1. The van der Waals surface area contributed by atoms with Crippen LogP contribution in [0.5, 0.6) is 0 Å². The maximum Gasteiger partial charge on any atom is 0.251 e. The van der Waals surface area contributed by atoms with Gasteiger partial charge in [0, 0.05) is 53.5 Å². The normalized spacial score (nSPS) is 28.6. The highest BCUT2D eigenvalue weighted by atomic mass is 35.5. The molecule has 4 saturated carbocycles. The van der Waals surface area contributed by atoms with E-state index in [9.17, 15) is 22.4 Å². The van der Waals surface area contributed by atoms with E-state index in [4.69, 9.17) is 17.3 Å². The van der Waals surface area contributed by atoms with Gasteiger partial charge in [-0.3, -0.25) is 4.79 Å². The number of halogens is 5. The molecular weight excluding hydrogens is 632 g/mol. The van der Waals surface area contributed by atoms with E-state index in [0.717, 1.165) is 50.1 Å². The van der Waals surface area contributed by atoms with Crippen molar-refractivity contribution in [3.8, 4) is 0 Å². The van der Waals surface area contributed by atoms with Crippen LogP contribution >= 0.6 is 11.6 Å². The summed E-state index contributed by atoms with van der Waals surface area (Å²) < 4.78 is 57.5. The second kappa shape index (κ2) is 11.6. The summed E-state index contributed by atoms with van der Waals surface area (Å²) in [5, 5.41) is 3.61. The van der Waals surface area contributed by atoms with E-state index in [-0.39, 0.29) is 11.9 Å². The molecule has 3 aromatic carbocycles. The minimum absolute atomic E-state index is 0.0868. The molecule has 5 aromatic rings. The molecule has 4 aliphatic rings. The van der Waals surface area contributed by atoms with E-state index >= 15 is 0 Å². The van der Waals surface area contributed by atoms with Gasteiger partial charge in [0.15, 0.2) is 23.3 Å². The molecule has 8 atom stereocenters. The van der Waals surface area contributed by atoms with Crippen LogP contribution in [0.25, 0.3) is 22.1 Å². The zero-order valence-electron chi connectivity index (χ0n) is 25.3. The van der Waals surface area contributed by atoms with E-state index in [1.807, 2.05) is 9.13 Å². The molecule has 9 rings (SSSR count). The Morgan fingerprint density at radius 3 is 1.66 bits per heavy atom. The Bertz CT molecular complexity index is 1970. The number of nitrogens with two attached hydrogens (primary N) is 1. The van der Waals surface area contributed by atoms with E-state index in [1.165, 1.54) is 18.2 Å². The fourth-order valence-electron chi connectivity index (χ4n) is 8.54. The lowest BCUT2D eigenvalue weighted by Crippen LogP contribution is -2.27. The number of imidazole rings is 2. The number of aromatic nitrogens is 4. The fourth-order valence-corrected chi connectivity index (χ4v) is 8.67. The number of carbonyl (C=O) groups excluding carboxylic acids is 1. The monoisotopic (exact) mass is 664 g/mol. The molecule has 0 aliphatic heterocycles. The van der Waals surface area contributed by atoms with Gasteiger partial charge in [-0.2, -0.15) is 0 Å². The van der Waals surface area contributed by atoms with Gasteiger partial charge in [-0.25, -0.2) is 27.5 Å². The molecule has 12 heteroatoms. The van der Waals surface area contributed by atoms with Crippen LogP contribution in [-0.4, -0.2) is 38.1 Å². The predicted octanol–water partition coefficient (Wildman–Crippen LogP) is 7.07. The fraction of sp³-hybridized carbons (Fsp3) is 0.400. The van der Waals surface area contributed by atoms with Crippen molar-refractivity contribution in [3.63, 3.8) is 0 Å². The van der Waals surface area contributed by atoms with Crippen molar-refractivity contribution in [3.05, 3.63) is 95.0 Å². The van der Waals surface area contributed by atoms with Gasteiger partial charge in [-0.05, 0) is 92.0 Å². The van der Waals surface area contributed by atoms with Crippen LogP contribution in [-0.2, 0) is 0 Å². The number of fused-ring (bicyclic) bond motifs is 4. The maximum absolute atomic E-state index is 13.6. The summed E-state index contributed by atoms with van der Waals surface area (Å²) in [5.74, 6) is 0.260. The van der Waals surface area contributed by atoms with Crippen LogP contribution in [0, 0.1) is 58.8 Å². The largest absolute Gasteiger partial charge is 0.352 e. The van der Waals surface area contributed by atoms with Gasteiger partial charge in [0.05, 0.1) is 34.7 Å². The van der Waals surface area contributed by atoms with Gasteiger partial charge >= 0.3 is 0 Å². The van der Waals surface area contributed by atoms with Crippen LogP contribution in [0.4, 0.5) is 17.6 Å². The molecule has 47 heavy (non-hydrogen) atoms. The lowest BCUT2D eigenvalue weighted by Gasteiger charge is -2.17. The number of nitrogens with zero attached hydrogens (tertiary/aromatic N) is 4. The Morgan fingerprint density at radius 1 is 0.745 bits per heavy atom. The summed E-state index contributed by atoms with van der Waals surface area (Å²) >= 11 is 5.85. The zero-order valence-corrected chi connectivity index (χ0v) is 26.1. The highest BCUT2D eigenvalue weighted by molar-refractivity contribution is 6.30. The van der Waals surface area contributed by atoms with Crippen molar-refractivity contribution in [1.29, 1.82) is 0 Å². The molecule has 4 unspecified atom stereocenters. The Kier molecular flexibility index (Phi) is 7.51. The number of hydrogen-bond donors (Lipinski definition) is 2. The molecule has 0 spiro atoms. The average Bonchev–Trinajstić information content (AvgIpc) is 3.48. The van der Waals surface area contributed by atoms with Crippen molar-refractivity contribution in [2.24, 2.45) is 41.2 Å². The third-order valence-electron chi connectivity index (χ3n) is 11.1. The van der Waals surface area contributed by atoms with Gasteiger partial charge < -0.3 is 20.2 Å². The van der Waals surface area contributed by atoms with Crippen molar-refractivity contribution in [1.82, 2.24) is 24.4 Å². The first-order chi connectivity index (χ1) is 22.7. The van der Waals surface area contributed by atoms with Crippen molar-refractivity contribution in [2.75, 3.05) is 13.1 Å². The summed E-state index contributed by atoms with van der Waals surface area (Å²) in [4.78, 5) is 20.6. The molecule has 3 N–H and O–H groups in total. The molecule has 2 aromatic heterocycles. The summed E-state index contributed by atoms with van der Waals surface area (Å²) in [5.41, 5.74) is 8.64. The number of hydrogen-bond acceptors (Lipinski definition) is 4. The van der Waals surface area contributed by atoms with Gasteiger partial charge in [0.2, 0.25) is 0 Å². The molecular formula is C35H33ClF4N6O. The van der Waals surface area contributed by atoms with Crippen molar-refractivity contribution < 1.29 is 22.4 Å². The van der Waals surface area contributed by atoms with Crippen LogP contribution in [0.15, 0.2) is 61.2 Å². The Hall–Kier alpha value is -3.96. The third-order valence-corrected chi connectivity index (χ3v) is 11.3. The van der Waals surface area contributed by atoms with E-state index < -0.39 is 23.3 Å². The maximum atomic E-state index is 13.6. The predicted molar refractivity (Wildman–Crippen MR) is 170 cm³/mol.